The van der Waals surface area contributed by atoms with Crippen molar-refractivity contribution in [1.82, 2.24) is 15.0 Å². The molecule has 1 aliphatic rings. The Bertz CT molecular complexity index is 1190. The van der Waals surface area contributed by atoms with Crippen molar-refractivity contribution in [2.24, 2.45) is 5.10 Å². The second kappa shape index (κ2) is 11.1. The van der Waals surface area contributed by atoms with Gasteiger partial charge in [0, 0.05) is 31.3 Å². The molecule has 1 saturated heterocycles. The average Bonchev–Trinajstić information content (AvgIpc) is 2.85. The molecule has 0 bridgehead atoms. The van der Waals surface area contributed by atoms with Gasteiger partial charge in [-0.3, -0.25) is 10.1 Å². The average molecular weight is 503 g/mol. The molecule has 1 aliphatic heterocycles. The van der Waals surface area contributed by atoms with Crippen molar-refractivity contribution in [1.29, 1.82) is 0 Å². The summed E-state index contributed by atoms with van der Waals surface area (Å²) in [6, 6.07) is 12.4. The molecule has 13 heteroatoms. The molecule has 1 fully saturated rings. The molecule has 0 spiro atoms. The quantitative estimate of drug-likeness (QED) is 0.266. The summed E-state index contributed by atoms with van der Waals surface area (Å²) in [4.78, 5) is 25.9. The van der Waals surface area contributed by atoms with E-state index in [0.29, 0.717) is 50.3 Å². The number of aromatic nitrogens is 3. The van der Waals surface area contributed by atoms with Gasteiger partial charge in [-0.15, -0.1) is 0 Å². The Labute approximate surface area is 204 Å². The van der Waals surface area contributed by atoms with E-state index in [-0.39, 0.29) is 21.7 Å². The largest absolute Gasteiger partial charge is 0.378 e. The van der Waals surface area contributed by atoms with Gasteiger partial charge in [0.1, 0.15) is 5.02 Å². The normalized spacial score (nSPS) is 13.8. The van der Waals surface area contributed by atoms with Gasteiger partial charge < -0.3 is 15.0 Å². The van der Waals surface area contributed by atoms with Crippen LogP contribution in [0.4, 0.5) is 23.5 Å². The molecular weight excluding hydrogens is 483 g/mol. The van der Waals surface area contributed by atoms with Crippen LogP contribution in [0.15, 0.2) is 47.6 Å². The summed E-state index contributed by atoms with van der Waals surface area (Å²) < 4.78 is 5.41. The molecular formula is C21H20Cl2N8O3. The number of rotatable bonds is 8. The van der Waals surface area contributed by atoms with Crippen LogP contribution in [0, 0.1) is 10.1 Å². The first-order chi connectivity index (χ1) is 16.5. The second-order valence-corrected chi connectivity index (χ2v) is 7.99. The van der Waals surface area contributed by atoms with Gasteiger partial charge in [0.05, 0.1) is 29.4 Å². The topological polar surface area (TPSA) is 131 Å². The molecule has 0 aliphatic carbocycles. The Balaban J connectivity index is 1.55. The number of benzene rings is 2. The van der Waals surface area contributed by atoms with E-state index in [1.54, 1.807) is 0 Å². The van der Waals surface area contributed by atoms with Crippen molar-refractivity contribution in [3.05, 3.63) is 73.8 Å². The number of hydrogen-bond acceptors (Lipinski definition) is 10. The maximum absolute atomic E-state index is 11.1. The third-order valence-corrected chi connectivity index (χ3v) is 5.47. The summed E-state index contributed by atoms with van der Waals surface area (Å²) in [5, 5.41) is 18.6. The van der Waals surface area contributed by atoms with Gasteiger partial charge in [-0.2, -0.15) is 20.1 Å². The lowest BCUT2D eigenvalue weighted by molar-refractivity contribution is -0.384. The molecule has 0 atom stereocenters. The zero-order chi connectivity index (χ0) is 23.9. The van der Waals surface area contributed by atoms with Crippen LogP contribution in [0.1, 0.15) is 11.1 Å². The molecule has 176 valence electrons. The minimum Gasteiger partial charge on any atom is -0.378 e. The molecule has 4 rings (SSSR count). The molecule has 11 nitrogen and oxygen atoms in total. The van der Waals surface area contributed by atoms with Crippen LogP contribution in [-0.2, 0) is 11.3 Å². The summed E-state index contributed by atoms with van der Waals surface area (Å²) in [6.45, 7) is 2.98. The monoisotopic (exact) mass is 502 g/mol. The van der Waals surface area contributed by atoms with Crippen LogP contribution in [0.25, 0.3) is 0 Å². The second-order valence-electron chi connectivity index (χ2n) is 7.17. The van der Waals surface area contributed by atoms with Gasteiger partial charge in [0.15, 0.2) is 0 Å². The number of nitrogens with one attached hydrogen (secondary N) is 2. The number of morpholine rings is 1. The molecule has 34 heavy (non-hydrogen) atoms. The molecule has 3 aromatic rings. The number of halogens is 2. The first-order valence-corrected chi connectivity index (χ1v) is 11.0. The number of hydrazone groups is 1. The van der Waals surface area contributed by atoms with Crippen LogP contribution in [0.3, 0.4) is 0 Å². The van der Waals surface area contributed by atoms with Crippen LogP contribution < -0.4 is 15.6 Å². The van der Waals surface area contributed by atoms with Crippen molar-refractivity contribution in [3.63, 3.8) is 0 Å². The van der Waals surface area contributed by atoms with Crippen LogP contribution in [0.2, 0.25) is 10.0 Å². The standard InChI is InChI=1S/C21H20Cl2N8O3/c22-16-11-17(23)18(31(32)33)10-15(16)13-25-29-20-26-19(24-12-14-4-2-1-3-5-14)27-21(28-20)30-6-8-34-9-7-30/h1-5,10-11,13H,6-9,12H2,(H2,24,26,27,28,29)/b25-13-. The van der Waals surface area contributed by atoms with Crippen LogP contribution >= 0.6 is 23.2 Å². The minimum absolute atomic E-state index is 0.0538. The van der Waals surface area contributed by atoms with Crippen molar-refractivity contribution < 1.29 is 9.66 Å². The first kappa shape index (κ1) is 23.6. The van der Waals surface area contributed by atoms with Crippen molar-refractivity contribution >= 4 is 52.9 Å². The van der Waals surface area contributed by atoms with Gasteiger partial charge in [-0.05, 0) is 11.6 Å². The Kier molecular flexibility index (Phi) is 7.68. The van der Waals surface area contributed by atoms with Gasteiger partial charge in [0.25, 0.3) is 5.69 Å². The molecule has 0 saturated carbocycles. The molecule has 1 aromatic heterocycles. The van der Waals surface area contributed by atoms with Crippen LogP contribution in [-0.4, -0.2) is 52.4 Å². The number of nitro groups is 1. The highest BCUT2D eigenvalue weighted by Crippen LogP contribution is 2.30. The third-order valence-electron chi connectivity index (χ3n) is 4.84. The molecule has 2 N–H and O–H groups in total. The minimum atomic E-state index is -0.589. The summed E-state index contributed by atoms with van der Waals surface area (Å²) in [7, 11) is 0. The first-order valence-electron chi connectivity index (χ1n) is 10.3. The van der Waals surface area contributed by atoms with E-state index in [0.717, 1.165) is 5.56 Å². The number of hydrogen-bond donors (Lipinski definition) is 2. The highest BCUT2D eigenvalue weighted by atomic mass is 35.5. The van der Waals surface area contributed by atoms with E-state index in [4.69, 9.17) is 27.9 Å². The Hall–Kier alpha value is -3.54. The van der Waals surface area contributed by atoms with E-state index >= 15 is 0 Å². The lowest BCUT2D eigenvalue weighted by atomic mass is 10.2. The van der Waals surface area contributed by atoms with Crippen molar-refractivity contribution in [2.45, 2.75) is 6.54 Å². The van der Waals surface area contributed by atoms with E-state index in [2.05, 4.69) is 30.8 Å². The fraction of sp³-hybridized carbons (Fsp3) is 0.238. The number of nitro benzene ring substituents is 1. The van der Waals surface area contributed by atoms with Gasteiger partial charge in [-0.1, -0.05) is 53.5 Å². The number of anilines is 3. The molecule has 2 aromatic carbocycles. The third kappa shape index (κ3) is 6.07. The van der Waals surface area contributed by atoms with Gasteiger partial charge in [0.2, 0.25) is 17.8 Å². The fourth-order valence-corrected chi connectivity index (χ4v) is 3.63. The lowest BCUT2D eigenvalue weighted by Gasteiger charge is -2.27. The summed E-state index contributed by atoms with van der Waals surface area (Å²) in [5.41, 5.74) is 3.87. The van der Waals surface area contributed by atoms with E-state index in [9.17, 15) is 10.1 Å². The fourth-order valence-electron chi connectivity index (χ4n) is 3.13. The summed E-state index contributed by atoms with van der Waals surface area (Å²) in [6.07, 6.45) is 1.33. The predicted octanol–water partition coefficient (Wildman–Crippen LogP) is 3.98. The van der Waals surface area contributed by atoms with E-state index < -0.39 is 4.92 Å². The predicted molar refractivity (Wildman–Crippen MR) is 131 cm³/mol. The van der Waals surface area contributed by atoms with Gasteiger partial charge >= 0.3 is 0 Å². The summed E-state index contributed by atoms with van der Waals surface area (Å²) >= 11 is 12.0. The maximum Gasteiger partial charge on any atom is 0.288 e. The van der Waals surface area contributed by atoms with Crippen molar-refractivity contribution in [3.8, 4) is 0 Å². The van der Waals surface area contributed by atoms with Crippen molar-refractivity contribution in [2.75, 3.05) is 41.9 Å². The zero-order valence-electron chi connectivity index (χ0n) is 17.8. The molecule has 0 radical (unpaired) electrons. The lowest BCUT2D eigenvalue weighted by Crippen LogP contribution is -2.37. The molecule has 0 unspecified atom stereocenters. The Morgan fingerprint density at radius 1 is 1.09 bits per heavy atom. The number of nitrogens with zero attached hydrogens (tertiary/aromatic N) is 6. The zero-order valence-corrected chi connectivity index (χ0v) is 19.3. The highest BCUT2D eigenvalue weighted by Gasteiger charge is 2.17. The Morgan fingerprint density at radius 2 is 1.82 bits per heavy atom. The Morgan fingerprint density at radius 3 is 2.56 bits per heavy atom. The number of ether oxygens (including phenoxy) is 1. The van der Waals surface area contributed by atoms with Crippen LogP contribution in [0.5, 0.6) is 0 Å². The van der Waals surface area contributed by atoms with E-state index in [1.165, 1.54) is 18.3 Å². The summed E-state index contributed by atoms with van der Waals surface area (Å²) in [5.74, 6) is 1.05. The van der Waals surface area contributed by atoms with E-state index in [1.807, 2.05) is 35.2 Å². The molecule has 2 heterocycles. The molecule has 0 amide bonds. The highest BCUT2D eigenvalue weighted by molar-refractivity contribution is 6.37. The SMILES string of the molecule is O=[N+]([O-])c1cc(/C=N\Nc2nc(NCc3ccccc3)nc(N3CCOCC3)n2)c(Cl)cc1Cl. The maximum atomic E-state index is 11.1. The smallest absolute Gasteiger partial charge is 0.288 e. The van der Waals surface area contributed by atoms with Gasteiger partial charge in [-0.25, -0.2) is 5.43 Å².